The van der Waals surface area contributed by atoms with Gasteiger partial charge >= 0.3 is 0 Å². The number of nitrogens with two attached hydrogens (primary N) is 1. The molecule has 92 valence electrons. The first-order chi connectivity index (χ1) is 8.25. The number of nitrogens with zero attached hydrogens (tertiary/aromatic N) is 1. The standard InChI is InChI=1S/C14H20N2O/c15-13-12-7-6-11(14(13)17)9-16(12)8-10-4-2-1-3-5-10/h1-5,11-14,17H,6-9,15H2/t11-,12+,13-,14-/m0/s1. The van der Waals surface area contributed by atoms with Crippen molar-refractivity contribution in [1.82, 2.24) is 4.90 Å². The molecule has 3 heteroatoms. The summed E-state index contributed by atoms with van der Waals surface area (Å²) in [5.41, 5.74) is 7.45. The average molecular weight is 232 g/mol. The number of hydrogen-bond donors (Lipinski definition) is 2. The molecule has 0 spiro atoms. The van der Waals surface area contributed by atoms with Gasteiger partial charge in [-0.25, -0.2) is 0 Å². The molecule has 3 aliphatic rings. The maximum atomic E-state index is 10.0. The molecule has 0 radical (unpaired) electrons. The minimum Gasteiger partial charge on any atom is -0.391 e. The summed E-state index contributed by atoms with van der Waals surface area (Å²) in [4.78, 5) is 2.45. The van der Waals surface area contributed by atoms with Crippen molar-refractivity contribution in [2.24, 2.45) is 11.7 Å². The smallest absolute Gasteiger partial charge is 0.0746 e. The lowest BCUT2D eigenvalue weighted by Crippen LogP contribution is -2.65. The number of hydrogen-bond acceptors (Lipinski definition) is 3. The van der Waals surface area contributed by atoms with Gasteiger partial charge in [-0.1, -0.05) is 30.3 Å². The second-order valence-corrected chi connectivity index (χ2v) is 5.39. The summed E-state index contributed by atoms with van der Waals surface area (Å²) in [6.07, 6.45) is 1.97. The Morgan fingerprint density at radius 1 is 1.24 bits per heavy atom. The Morgan fingerprint density at radius 3 is 2.71 bits per heavy atom. The van der Waals surface area contributed by atoms with Crippen molar-refractivity contribution >= 4 is 0 Å². The molecule has 2 saturated heterocycles. The van der Waals surface area contributed by atoms with Crippen LogP contribution in [-0.4, -0.2) is 34.7 Å². The van der Waals surface area contributed by atoms with Gasteiger partial charge in [0.15, 0.2) is 0 Å². The Balaban J connectivity index is 1.74. The number of piperidine rings is 2. The van der Waals surface area contributed by atoms with Crippen LogP contribution < -0.4 is 5.73 Å². The first-order valence-electron chi connectivity index (χ1n) is 6.47. The second-order valence-electron chi connectivity index (χ2n) is 5.39. The molecule has 2 bridgehead atoms. The fraction of sp³-hybridized carbons (Fsp3) is 0.571. The van der Waals surface area contributed by atoms with E-state index in [4.69, 9.17) is 5.73 Å². The highest BCUT2D eigenvalue weighted by Crippen LogP contribution is 2.35. The third-order valence-electron chi connectivity index (χ3n) is 4.32. The van der Waals surface area contributed by atoms with E-state index in [-0.39, 0.29) is 12.1 Å². The summed E-state index contributed by atoms with van der Waals surface area (Å²) in [5, 5.41) is 10.0. The molecule has 1 aromatic carbocycles. The number of rotatable bonds is 2. The van der Waals surface area contributed by atoms with Gasteiger partial charge in [-0.15, -0.1) is 0 Å². The van der Waals surface area contributed by atoms with Gasteiger partial charge in [-0.05, 0) is 24.3 Å². The molecule has 0 unspecified atom stereocenters. The summed E-state index contributed by atoms with van der Waals surface area (Å²) in [5.74, 6) is 0.374. The number of aliphatic hydroxyl groups excluding tert-OH is 1. The average Bonchev–Trinajstić information content (AvgIpc) is 2.36. The normalized spacial score (nSPS) is 37.3. The highest BCUT2D eigenvalue weighted by Gasteiger charge is 2.44. The topological polar surface area (TPSA) is 49.5 Å². The molecular weight excluding hydrogens is 212 g/mol. The molecule has 0 aromatic heterocycles. The van der Waals surface area contributed by atoms with E-state index >= 15 is 0 Å². The summed E-state index contributed by atoms with van der Waals surface area (Å²) in [7, 11) is 0. The van der Waals surface area contributed by atoms with E-state index in [2.05, 4.69) is 29.2 Å². The van der Waals surface area contributed by atoms with Crippen LogP contribution in [0.4, 0.5) is 0 Å². The van der Waals surface area contributed by atoms with Crippen LogP contribution >= 0.6 is 0 Å². The fourth-order valence-corrected chi connectivity index (χ4v) is 3.35. The Labute approximate surface area is 102 Å². The lowest BCUT2D eigenvalue weighted by molar-refractivity contribution is -0.0690. The Morgan fingerprint density at radius 2 is 2.00 bits per heavy atom. The summed E-state index contributed by atoms with van der Waals surface area (Å²) in [6.45, 7) is 1.96. The molecule has 0 amide bonds. The Hall–Kier alpha value is -0.900. The van der Waals surface area contributed by atoms with Crippen LogP contribution in [0.15, 0.2) is 30.3 Å². The first-order valence-corrected chi connectivity index (χ1v) is 6.47. The van der Waals surface area contributed by atoms with Crippen LogP contribution in [0, 0.1) is 5.92 Å². The molecule has 3 N–H and O–H groups in total. The number of fused-ring (bicyclic) bond motifs is 3. The summed E-state index contributed by atoms with van der Waals surface area (Å²) < 4.78 is 0. The van der Waals surface area contributed by atoms with E-state index in [0.717, 1.165) is 25.9 Å². The molecule has 4 rings (SSSR count). The summed E-state index contributed by atoms with van der Waals surface area (Å²) >= 11 is 0. The molecule has 4 atom stereocenters. The van der Waals surface area contributed by atoms with Gasteiger partial charge in [0.25, 0.3) is 0 Å². The van der Waals surface area contributed by atoms with Gasteiger partial charge < -0.3 is 10.8 Å². The van der Waals surface area contributed by atoms with Gasteiger partial charge in [-0.3, -0.25) is 4.90 Å². The van der Waals surface area contributed by atoms with E-state index in [9.17, 15) is 5.11 Å². The zero-order chi connectivity index (χ0) is 11.8. The van der Waals surface area contributed by atoms with Crippen molar-refractivity contribution in [3.05, 3.63) is 35.9 Å². The minimum atomic E-state index is -0.291. The second kappa shape index (κ2) is 4.41. The molecule has 2 aliphatic heterocycles. The molecule has 17 heavy (non-hydrogen) atoms. The van der Waals surface area contributed by atoms with Crippen LogP contribution in [0.1, 0.15) is 18.4 Å². The molecular formula is C14H20N2O. The van der Waals surface area contributed by atoms with Gasteiger partial charge in [0.2, 0.25) is 0 Å². The minimum absolute atomic E-state index is 0.0637. The molecule has 3 fully saturated rings. The summed E-state index contributed by atoms with van der Waals surface area (Å²) in [6, 6.07) is 10.8. The first kappa shape index (κ1) is 11.2. The van der Waals surface area contributed by atoms with E-state index in [1.165, 1.54) is 5.56 Å². The van der Waals surface area contributed by atoms with Gasteiger partial charge in [-0.2, -0.15) is 0 Å². The van der Waals surface area contributed by atoms with Crippen LogP contribution in [0.3, 0.4) is 0 Å². The third-order valence-corrected chi connectivity index (χ3v) is 4.32. The fourth-order valence-electron chi connectivity index (χ4n) is 3.35. The molecule has 1 aromatic rings. The van der Waals surface area contributed by atoms with Crippen molar-refractivity contribution in [2.75, 3.05) is 6.54 Å². The van der Waals surface area contributed by atoms with Crippen LogP contribution in [0.25, 0.3) is 0 Å². The van der Waals surface area contributed by atoms with Crippen molar-refractivity contribution in [3.63, 3.8) is 0 Å². The molecule has 3 nitrogen and oxygen atoms in total. The third kappa shape index (κ3) is 1.99. The SMILES string of the molecule is N[C@@H]1[C@@H](O)[C@H]2CC[C@H]1N(Cc1ccccc1)C2. The zero-order valence-corrected chi connectivity index (χ0v) is 10.00. The van der Waals surface area contributed by atoms with E-state index in [1.807, 2.05) is 6.07 Å². The van der Waals surface area contributed by atoms with Crippen LogP contribution in [-0.2, 0) is 6.54 Å². The van der Waals surface area contributed by atoms with Crippen molar-refractivity contribution < 1.29 is 5.11 Å². The largest absolute Gasteiger partial charge is 0.391 e. The number of aliphatic hydroxyl groups is 1. The van der Waals surface area contributed by atoms with Crippen molar-refractivity contribution in [3.8, 4) is 0 Å². The van der Waals surface area contributed by atoms with Gasteiger partial charge in [0.05, 0.1) is 6.10 Å². The maximum absolute atomic E-state index is 10.0. The molecule has 1 aliphatic carbocycles. The lowest BCUT2D eigenvalue weighted by Gasteiger charge is -2.51. The highest BCUT2D eigenvalue weighted by molar-refractivity contribution is 5.15. The zero-order valence-electron chi connectivity index (χ0n) is 10.00. The van der Waals surface area contributed by atoms with E-state index < -0.39 is 0 Å². The molecule has 1 saturated carbocycles. The predicted molar refractivity (Wildman–Crippen MR) is 67.3 cm³/mol. The monoisotopic (exact) mass is 232 g/mol. The quantitative estimate of drug-likeness (QED) is 0.799. The van der Waals surface area contributed by atoms with E-state index in [1.54, 1.807) is 0 Å². The van der Waals surface area contributed by atoms with Crippen molar-refractivity contribution in [2.45, 2.75) is 37.6 Å². The maximum Gasteiger partial charge on any atom is 0.0746 e. The lowest BCUT2D eigenvalue weighted by atomic mass is 9.74. The van der Waals surface area contributed by atoms with Gasteiger partial charge in [0.1, 0.15) is 0 Å². The van der Waals surface area contributed by atoms with Crippen molar-refractivity contribution in [1.29, 1.82) is 0 Å². The Kier molecular flexibility index (Phi) is 2.90. The molecule has 2 heterocycles. The van der Waals surface area contributed by atoms with Crippen LogP contribution in [0.5, 0.6) is 0 Å². The van der Waals surface area contributed by atoms with E-state index in [0.29, 0.717) is 12.0 Å². The Bertz CT molecular complexity index is 379. The predicted octanol–water partition coefficient (Wildman–Crippen LogP) is 0.969. The highest BCUT2D eigenvalue weighted by atomic mass is 16.3. The van der Waals surface area contributed by atoms with Gasteiger partial charge in [0, 0.05) is 25.2 Å². The number of benzene rings is 1. The van der Waals surface area contributed by atoms with Crippen LogP contribution in [0.2, 0.25) is 0 Å².